The molecule has 3 heteroatoms. The lowest BCUT2D eigenvalue weighted by Gasteiger charge is -2.00. The Kier molecular flexibility index (Phi) is 3.51. The molecular weight excluding hydrogens is 178 g/mol. The zero-order valence-corrected chi connectivity index (χ0v) is 8.76. The van der Waals surface area contributed by atoms with Crippen LogP contribution in [-0.4, -0.2) is 13.0 Å². The van der Waals surface area contributed by atoms with Crippen molar-refractivity contribution in [1.29, 1.82) is 0 Å². The fourth-order valence-electron chi connectivity index (χ4n) is 1.32. The number of hydrogen-bond donors (Lipinski definition) is 1. The molecule has 76 valence electrons. The van der Waals surface area contributed by atoms with Crippen LogP contribution in [0.15, 0.2) is 18.2 Å². The molecule has 1 heterocycles. The summed E-state index contributed by atoms with van der Waals surface area (Å²) < 4.78 is 5.01. The van der Waals surface area contributed by atoms with Gasteiger partial charge in [0.2, 0.25) is 0 Å². The second kappa shape index (κ2) is 4.65. The van der Waals surface area contributed by atoms with E-state index in [9.17, 15) is 4.79 Å². The Balaban J connectivity index is 0.000000461. The minimum Gasteiger partial charge on any atom is -0.497 e. The Bertz CT molecular complexity index is 334. The molecule has 0 saturated heterocycles. The van der Waals surface area contributed by atoms with Crippen LogP contribution in [-0.2, 0) is 6.54 Å². The van der Waals surface area contributed by atoms with E-state index in [0.717, 1.165) is 16.9 Å². The van der Waals surface area contributed by atoms with Gasteiger partial charge in [-0.3, -0.25) is 4.79 Å². The molecule has 0 radical (unpaired) electrons. The van der Waals surface area contributed by atoms with Crippen molar-refractivity contribution in [1.82, 2.24) is 5.32 Å². The fourth-order valence-corrected chi connectivity index (χ4v) is 1.32. The van der Waals surface area contributed by atoms with Gasteiger partial charge in [-0.25, -0.2) is 0 Å². The zero-order chi connectivity index (χ0) is 10.6. The van der Waals surface area contributed by atoms with E-state index in [0.29, 0.717) is 6.54 Å². The minimum absolute atomic E-state index is 0.0103. The Labute approximate surface area is 84.1 Å². The van der Waals surface area contributed by atoms with E-state index >= 15 is 0 Å². The highest BCUT2D eigenvalue weighted by Gasteiger charge is 2.18. The van der Waals surface area contributed by atoms with E-state index in [1.165, 1.54) is 0 Å². The number of hydrogen-bond acceptors (Lipinski definition) is 2. The topological polar surface area (TPSA) is 38.3 Å². The number of carbonyl (C=O) groups excluding carboxylic acids is 1. The average molecular weight is 193 g/mol. The lowest BCUT2D eigenvalue weighted by atomic mass is 10.1. The third-order valence-corrected chi connectivity index (χ3v) is 2.00. The Morgan fingerprint density at radius 2 is 2.07 bits per heavy atom. The largest absolute Gasteiger partial charge is 0.497 e. The maximum Gasteiger partial charge on any atom is 0.252 e. The summed E-state index contributed by atoms with van der Waals surface area (Å²) in [5, 5.41) is 2.74. The van der Waals surface area contributed by atoms with Crippen LogP contribution >= 0.6 is 0 Å². The third-order valence-electron chi connectivity index (χ3n) is 2.00. The first-order chi connectivity index (χ1) is 6.81. The van der Waals surface area contributed by atoms with Gasteiger partial charge in [0.1, 0.15) is 5.75 Å². The number of methoxy groups -OCH3 is 1. The van der Waals surface area contributed by atoms with Crippen LogP contribution in [0.25, 0.3) is 0 Å². The highest BCUT2D eigenvalue weighted by molar-refractivity contribution is 5.98. The molecule has 0 spiro atoms. The molecule has 0 fully saturated rings. The molecule has 3 nitrogen and oxygen atoms in total. The van der Waals surface area contributed by atoms with Crippen LogP contribution in [0.4, 0.5) is 0 Å². The van der Waals surface area contributed by atoms with Crippen molar-refractivity contribution in [3.05, 3.63) is 29.3 Å². The van der Waals surface area contributed by atoms with Crippen molar-refractivity contribution >= 4 is 5.91 Å². The number of ether oxygens (including phenoxy) is 1. The molecule has 0 saturated carbocycles. The maximum absolute atomic E-state index is 11.2. The zero-order valence-electron chi connectivity index (χ0n) is 8.76. The average Bonchev–Trinajstić information content (AvgIpc) is 2.63. The number of nitrogens with one attached hydrogen (secondary N) is 1. The monoisotopic (exact) mass is 193 g/mol. The van der Waals surface area contributed by atoms with Gasteiger partial charge in [-0.05, 0) is 17.7 Å². The van der Waals surface area contributed by atoms with Crippen molar-refractivity contribution in [3.8, 4) is 5.75 Å². The van der Waals surface area contributed by atoms with Crippen molar-refractivity contribution in [2.75, 3.05) is 7.11 Å². The van der Waals surface area contributed by atoms with Gasteiger partial charge in [0.05, 0.1) is 7.11 Å². The Morgan fingerprint density at radius 1 is 1.36 bits per heavy atom. The van der Waals surface area contributed by atoms with Gasteiger partial charge >= 0.3 is 0 Å². The molecule has 0 aliphatic carbocycles. The molecular formula is C11H15NO2. The van der Waals surface area contributed by atoms with Crippen LogP contribution in [0.2, 0.25) is 0 Å². The Hall–Kier alpha value is -1.51. The molecule has 1 aromatic carbocycles. The van der Waals surface area contributed by atoms with Gasteiger partial charge in [-0.1, -0.05) is 19.9 Å². The molecule has 2 rings (SSSR count). The van der Waals surface area contributed by atoms with E-state index in [-0.39, 0.29) is 5.91 Å². The highest BCUT2D eigenvalue weighted by atomic mass is 16.5. The molecule has 0 atom stereocenters. The van der Waals surface area contributed by atoms with Crippen molar-refractivity contribution < 1.29 is 9.53 Å². The molecule has 1 aliphatic rings. The second-order valence-electron chi connectivity index (χ2n) is 2.71. The predicted molar refractivity (Wildman–Crippen MR) is 55.5 cm³/mol. The smallest absolute Gasteiger partial charge is 0.252 e. The lowest BCUT2D eigenvalue weighted by Crippen LogP contribution is -2.12. The molecule has 1 aliphatic heterocycles. The van der Waals surface area contributed by atoms with Gasteiger partial charge in [0.25, 0.3) is 5.91 Å². The quantitative estimate of drug-likeness (QED) is 0.740. The molecule has 0 bridgehead atoms. The summed E-state index contributed by atoms with van der Waals surface area (Å²) in [6, 6.07) is 5.53. The van der Waals surface area contributed by atoms with Gasteiger partial charge in [-0.2, -0.15) is 0 Å². The first-order valence-corrected chi connectivity index (χ1v) is 4.76. The minimum atomic E-state index is -0.0103. The van der Waals surface area contributed by atoms with Gasteiger partial charge in [-0.15, -0.1) is 0 Å². The highest BCUT2D eigenvalue weighted by Crippen LogP contribution is 2.20. The van der Waals surface area contributed by atoms with E-state index in [1.807, 2.05) is 26.0 Å². The summed E-state index contributed by atoms with van der Waals surface area (Å²) in [7, 11) is 1.59. The molecule has 1 N–H and O–H groups in total. The summed E-state index contributed by atoms with van der Waals surface area (Å²) in [6.07, 6.45) is 0. The second-order valence-corrected chi connectivity index (χ2v) is 2.71. The molecule has 14 heavy (non-hydrogen) atoms. The number of rotatable bonds is 1. The molecule has 0 unspecified atom stereocenters. The summed E-state index contributed by atoms with van der Waals surface area (Å²) in [6.45, 7) is 4.64. The summed E-state index contributed by atoms with van der Waals surface area (Å²) in [5.74, 6) is 0.717. The van der Waals surface area contributed by atoms with Gasteiger partial charge < -0.3 is 10.1 Å². The van der Waals surface area contributed by atoms with Gasteiger partial charge in [0, 0.05) is 12.1 Å². The van der Waals surface area contributed by atoms with Crippen molar-refractivity contribution in [2.24, 2.45) is 0 Å². The van der Waals surface area contributed by atoms with E-state index in [2.05, 4.69) is 5.32 Å². The summed E-state index contributed by atoms with van der Waals surface area (Å²) in [4.78, 5) is 11.2. The Morgan fingerprint density at radius 3 is 2.71 bits per heavy atom. The fraction of sp³-hybridized carbons (Fsp3) is 0.364. The predicted octanol–water partition coefficient (Wildman–Crippen LogP) is 1.96. The standard InChI is InChI=1S/C9H9NO2.C2H6/c1-12-7-3-2-6-5-10-9(11)8(6)4-7;1-2/h2-4H,5H2,1H3,(H,10,11);1-2H3. The summed E-state index contributed by atoms with van der Waals surface area (Å²) in [5.41, 5.74) is 1.77. The summed E-state index contributed by atoms with van der Waals surface area (Å²) >= 11 is 0. The van der Waals surface area contributed by atoms with Crippen LogP contribution in [0, 0.1) is 0 Å². The number of amides is 1. The number of benzene rings is 1. The first kappa shape index (κ1) is 10.6. The van der Waals surface area contributed by atoms with Crippen molar-refractivity contribution in [3.63, 3.8) is 0 Å². The normalized spacial score (nSPS) is 12.4. The van der Waals surface area contributed by atoms with E-state index in [1.54, 1.807) is 13.2 Å². The number of fused-ring (bicyclic) bond motifs is 1. The van der Waals surface area contributed by atoms with Gasteiger partial charge in [0.15, 0.2) is 0 Å². The van der Waals surface area contributed by atoms with E-state index in [4.69, 9.17) is 4.74 Å². The SMILES string of the molecule is CC.COc1ccc2c(c1)C(=O)NC2. The maximum atomic E-state index is 11.2. The van der Waals surface area contributed by atoms with Crippen molar-refractivity contribution in [2.45, 2.75) is 20.4 Å². The number of carbonyl (C=O) groups is 1. The molecule has 1 aromatic rings. The van der Waals surface area contributed by atoms with Crippen LogP contribution in [0.3, 0.4) is 0 Å². The van der Waals surface area contributed by atoms with Crippen LogP contribution in [0.1, 0.15) is 29.8 Å². The van der Waals surface area contributed by atoms with E-state index < -0.39 is 0 Å². The third kappa shape index (κ3) is 1.87. The molecule has 0 aromatic heterocycles. The lowest BCUT2D eigenvalue weighted by molar-refractivity contribution is 0.0965. The van der Waals surface area contributed by atoms with Crippen LogP contribution in [0.5, 0.6) is 5.75 Å². The van der Waals surface area contributed by atoms with Crippen LogP contribution < -0.4 is 10.1 Å². The molecule has 1 amide bonds. The first-order valence-electron chi connectivity index (χ1n) is 4.76.